The Labute approximate surface area is 117 Å². The highest BCUT2D eigenvalue weighted by Gasteiger charge is 2.18. The molecule has 0 radical (unpaired) electrons. The van der Waals surface area contributed by atoms with E-state index in [0.29, 0.717) is 27.0 Å². The molecule has 0 aliphatic rings. The van der Waals surface area contributed by atoms with E-state index < -0.39 is 0 Å². The van der Waals surface area contributed by atoms with E-state index in [4.69, 9.17) is 34.7 Å². The van der Waals surface area contributed by atoms with E-state index in [1.807, 2.05) is 32.0 Å². The molecule has 0 spiro atoms. The average Bonchev–Trinajstić information content (AvgIpc) is 2.36. The SMILES string of the molecule is Cc1c(C)c(Cl)c(-c2ccccc2Cl)c(N)c1N. The second-order valence-corrected chi connectivity index (χ2v) is 5.03. The van der Waals surface area contributed by atoms with E-state index in [1.165, 1.54) is 0 Å². The zero-order valence-electron chi connectivity index (χ0n) is 10.2. The molecule has 94 valence electrons. The number of hydrogen-bond acceptors (Lipinski definition) is 2. The van der Waals surface area contributed by atoms with Gasteiger partial charge in [-0.15, -0.1) is 0 Å². The van der Waals surface area contributed by atoms with Crippen molar-refractivity contribution >= 4 is 34.6 Å². The molecule has 2 aromatic rings. The summed E-state index contributed by atoms with van der Waals surface area (Å²) in [4.78, 5) is 0. The van der Waals surface area contributed by atoms with E-state index in [0.717, 1.165) is 16.7 Å². The minimum absolute atomic E-state index is 0.483. The largest absolute Gasteiger partial charge is 0.397 e. The van der Waals surface area contributed by atoms with E-state index >= 15 is 0 Å². The van der Waals surface area contributed by atoms with Gasteiger partial charge in [0.15, 0.2) is 0 Å². The quantitative estimate of drug-likeness (QED) is 0.759. The fourth-order valence-electron chi connectivity index (χ4n) is 1.94. The fourth-order valence-corrected chi connectivity index (χ4v) is 2.51. The van der Waals surface area contributed by atoms with Gasteiger partial charge in [0.05, 0.1) is 16.4 Å². The third-order valence-electron chi connectivity index (χ3n) is 3.22. The van der Waals surface area contributed by atoms with Crippen LogP contribution in [0.25, 0.3) is 11.1 Å². The van der Waals surface area contributed by atoms with Crippen molar-refractivity contribution in [1.29, 1.82) is 0 Å². The highest BCUT2D eigenvalue weighted by atomic mass is 35.5. The van der Waals surface area contributed by atoms with E-state index in [1.54, 1.807) is 6.07 Å². The lowest BCUT2D eigenvalue weighted by atomic mass is 9.96. The summed E-state index contributed by atoms with van der Waals surface area (Å²) in [6.45, 7) is 3.83. The molecule has 0 saturated carbocycles. The van der Waals surface area contributed by atoms with Crippen LogP contribution < -0.4 is 11.5 Å². The van der Waals surface area contributed by atoms with E-state index in [9.17, 15) is 0 Å². The molecule has 4 heteroatoms. The van der Waals surface area contributed by atoms with Crippen molar-refractivity contribution in [3.05, 3.63) is 45.4 Å². The molecule has 0 aliphatic carbocycles. The van der Waals surface area contributed by atoms with Crippen molar-refractivity contribution in [3.8, 4) is 11.1 Å². The Hall–Kier alpha value is -1.38. The van der Waals surface area contributed by atoms with E-state index in [2.05, 4.69) is 0 Å². The average molecular weight is 281 g/mol. The number of hydrogen-bond donors (Lipinski definition) is 2. The van der Waals surface area contributed by atoms with Crippen molar-refractivity contribution in [2.75, 3.05) is 11.5 Å². The predicted molar refractivity (Wildman–Crippen MR) is 80.2 cm³/mol. The molecular formula is C14H14Cl2N2. The van der Waals surface area contributed by atoms with Gasteiger partial charge in [-0.2, -0.15) is 0 Å². The zero-order valence-corrected chi connectivity index (χ0v) is 11.7. The Kier molecular flexibility index (Phi) is 3.42. The van der Waals surface area contributed by atoms with Crippen LogP contribution in [0.2, 0.25) is 10.0 Å². The Bertz CT molecular complexity index is 592. The molecule has 0 aliphatic heterocycles. The molecule has 2 aromatic carbocycles. The summed E-state index contributed by atoms with van der Waals surface area (Å²) in [5.74, 6) is 0. The van der Waals surface area contributed by atoms with Crippen molar-refractivity contribution in [2.24, 2.45) is 0 Å². The summed E-state index contributed by atoms with van der Waals surface area (Å²) in [6, 6.07) is 7.44. The Balaban J connectivity index is 2.85. The standard InChI is InChI=1S/C14H14Cl2N2/c1-7-8(2)13(17)14(18)11(12(7)16)9-5-3-4-6-10(9)15/h3-6H,17-18H2,1-2H3. The topological polar surface area (TPSA) is 52.0 Å². The molecule has 0 saturated heterocycles. The predicted octanol–water partition coefficient (Wildman–Crippen LogP) is 4.44. The molecule has 0 amide bonds. The second kappa shape index (κ2) is 4.71. The maximum absolute atomic E-state index is 6.39. The van der Waals surface area contributed by atoms with Crippen molar-refractivity contribution < 1.29 is 0 Å². The van der Waals surface area contributed by atoms with Gasteiger partial charge < -0.3 is 11.5 Å². The molecule has 0 aromatic heterocycles. The van der Waals surface area contributed by atoms with Gasteiger partial charge in [0.1, 0.15) is 0 Å². The molecule has 2 rings (SSSR count). The smallest absolute Gasteiger partial charge is 0.0646 e. The van der Waals surface area contributed by atoms with Gasteiger partial charge in [-0.05, 0) is 31.0 Å². The van der Waals surface area contributed by atoms with Gasteiger partial charge in [0, 0.05) is 16.1 Å². The second-order valence-electron chi connectivity index (χ2n) is 4.25. The Morgan fingerprint density at radius 1 is 0.889 bits per heavy atom. The number of nitrogen functional groups attached to an aromatic ring is 2. The Morgan fingerprint density at radius 3 is 2.11 bits per heavy atom. The number of anilines is 2. The minimum atomic E-state index is 0.483. The highest BCUT2D eigenvalue weighted by molar-refractivity contribution is 6.38. The molecule has 0 unspecified atom stereocenters. The van der Waals surface area contributed by atoms with Crippen LogP contribution in [-0.4, -0.2) is 0 Å². The van der Waals surface area contributed by atoms with Crippen LogP contribution in [0.1, 0.15) is 11.1 Å². The summed E-state index contributed by atoms with van der Waals surface area (Å²) in [7, 11) is 0. The zero-order chi connectivity index (χ0) is 13.4. The fraction of sp³-hybridized carbons (Fsp3) is 0.143. The van der Waals surface area contributed by atoms with Crippen molar-refractivity contribution in [1.82, 2.24) is 0 Å². The maximum atomic E-state index is 6.39. The molecule has 0 atom stereocenters. The normalized spacial score (nSPS) is 10.7. The number of rotatable bonds is 1. The van der Waals surface area contributed by atoms with Crippen LogP contribution in [0.4, 0.5) is 11.4 Å². The summed E-state index contributed by atoms with van der Waals surface area (Å²) in [6.07, 6.45) is 0. The van der Waals surface area contributed by atoms with Gasteiger partial charge >= 0.3 is 0 Å². The highest BCUT2D eigenvalue weighted by Crippen LogP contribution is 2.43. The summed E-state index contributed by atoms with van der Waals surface area (Å²) in [5, 5.41) is 1.21. The molecule has 0 fully saturated rings. The first-order chi connectivity index (χ1) is 8.45. The molecule has 0 bridgehead atoms. The molecule has 4 N–H and O–H groups in total. The van der Waals surface area contributed by atoms with Crippen LogP contribution in [-0.2, 0) is 0 Å². The van der Waals surface area contributed by atoms with Crippen LogP contribution >= 0.6 is 23.2 Å². The molecule has 0 heterocycles. The first kappa shape index (κ1) is 13.1. The number of benzene rings is 2. The molecule has 2 nitrogen and oxygen atoms in total. The first-order valence-electron chi connectivity index (χ1n) is 5.53. The lowest BCUT2D eigenvalue weighted by molar-refractivity contribution is 1.34. The van der Waals surface area contributed by atoms with Gasteiger partial charge in [-0.1, -0.05) is 41.4 Å². The summed E-state index contributed by atoms with van der Waals surface area (Å²) < 4.78 is 0. The third kappa shape index (κ3) is 1.92. The number of halogens is 2. The lowest BCUT2D eigenvalue weighted by Gasteiger charge is -2.17. The monoisotopic (exact) mass is 280 g/mol. The van der Waals surface area contributed by atoms with Crippen LogP contribution in [0, 0.1) is 13.8 Å². The summed E-state index contributed by atoms with van der Waals surface area (Å²) in [5.41, 5.74) is 16.5. The Morgan fingerprint density at radius 2 is 1.50 bits per heavy atom. The molecular weight excluding hydrogens is 267 g/mol. The molecule has 18 heavy (non-hydrogen) atoms. The van der Waals surface area contributed by atoms with Gasteiger partial charge in [-0.25, -0.2) is 0 Å². The van der Waals surface area contributed by atoms with Crippen LogP contribution in [0.15, 0.2) is 24.3 Å². The van der Waals surface area contributed by atoms with E-state index in [-0.39, 0.29) is 0 Å². The van der Waals surface area contributed by atoms with Crippen LogP contribution in [0.3, 0.4) is 0 Å². The lowest BCUT2D eigenvalue weighted by Crippen LogP contribution is -2.03. The third-order valence-corrected chi connectivity index (χ3v) is 4.02. The van der Waals surface area contributed by atoms with Gasteiger partial charge in [-0.3, -0.25) is 0 Å². The first-order valence-corrected chi connectivity index (χ1v) is 6.29. The summed E-state index contributed by atoms with van der Waals surface area (Å²) >= 11 is 12.6. The van der Waals surface area contributed by atoms with Crippen LogP contribution in [0.5, 0.6) is 0 Å². The number of nitrogens with two attached hydrogens (primary N) is 2. The maximum Gasteiger partial charge on any atom is 0.0646 e. The minimum Gasteiger partial charge on any atom is -0.397 e. The van der Waals surface area contributed by atoms with Gasteiger partial charge in [0.25, 0.3) is 0 Å². The van der Waals surface area contributed by atoms with Crippen molar-refractivity contribution in [2.45, 2.75) is 13.8 Å². The van der Waals surface area contributed by atoms with Gasteiger partial charge in [0.2, 0.25) is 0 Å². The van der Waals surface area contributed by atoms with Crippen molar-refractivity contribution in [3.63, 3.8) is 0 Å².